The van der Waals surface area contributed by atoms with E-state index in [1.165, 1.54) is 17.4 Å². The number of nitrogens with two attached hydrogens (primary N) is 1. The molecule has 2 heterocycles. The second-order valence-corrected chi connectivity index (χ2v) is 9.09. The molecule has 4 N–H and O–H groups in total. The minimum absolute atomic E-state index is 0.0488. The monoisotopic (exact) mass is 419 g/mol. The number of carbonyl (C=O) groups is 2. The van der Waals surface area contributed by atoms with Crippen molar-refractivity contribution < 1.29 is 14.8 Å². The van der Waals surface area contributed by atoms with E-state index in [1.54, 1.807) is 0 Å². The maximum Gasteiger partial charge on any atom is 0.235 e. The Morgan fingerprint density at radius 2 is 2.18 bits per heavy atom. The van der Waals surface area contributed by atoms with Crippen LogP contribution in [0.2, 0.25) is 0 Å². The first-order chi connectivity index (χ1) is 13.5. The van der Waals surface area contributed by atoms with Crippen molar-refractivity contribution >= 4 is 39.8 Å². The van der Waals surface area contributed by atoms with Crippen molar-refractivity contribution in [3.63, 3.8) is 0 Å². The third kappa shape index (κ3) is 3.71. The largest absolute Gasteiger partial charge is 0.425 e. The predicted octanol–water partition coefficient (Wildman–Crippen LogP) is 2.37. The number of thiophene rings is 1. The Kier molecular flexibility index (Phi) is 5.26. The van der Waals surface area contributed by atoms with Crippen molar-refractivity contribution in [3.05, 3.63) is 34.5 Å². The SMILES string of the molecule is C=CC(=O)c1c(NC(=O)CSc2nnc(C3CC3)n2O)sc2c1CCC(N)C2. The zero-order valence-electron chi connectivity index (χ0n) is 15.2. The first kappa shape index (κ1) is 19.2. The van der Waals surface area contributed by atoms with Crippen LogP contribution in [0, 0.1) is 0 Å². The van der Waals surface area contributed by atoms with Gasteiger partial charge in [0.2, 0.25) is 11.1 Å². The summed E-state index contributed by atoms with van der Waals surface area (Å²) in [7, 11) is 0. The summed E-state index contributed by atoms with van der Waals surface area (Å²) in [5, 5.41) is 21.7. The highest BCUT2D eigenvalue weighted by atomic mass is 32.2. The topological polar surface area (TPSA) is 123 Å². The zero-order valence-corrected chi connectivity index (χ0v) is 16.8. The van der Waals surface area contributed by atoms with E-state index in [0.29, 0.717) is 22.8 Å². The first-order valence-electron chi connectivity index (χ1n) is 9.12. The average Bonchev–Trinajstić information content (AvgIpc) is 3.36. The molecule has 1 amide bonds. The van der Waals surface area contributed by atoms with Gasteiger partial charge in [-0.15, -0.1) is 26.3 Å². The van der Waals surface area contributed by atoms with Crippen LogP contribution in [0.25, 0.3) is 0 Å². The molecule has 1 fully saturated rings. The normalized spacial score (nSPS) is 18.5. The maximum absolute atomic E-state index is 12.5. The maximum atomic E-state index is 12.5. The third-order valence-electron chi connectivity index (χ3n) is 4.90. The van der Waals surface area contributed by atoms with Crippen LogP contribution in [0.4, 0.5) is 5.00 Å². The van der Waals surface area contributed by atoms with Crippen LogP contribution in [0.3, 0.4) is 0 Å². The van der Waals surface area contributed by atoms with Crippen molar-refractivity contribution in [2.75, 3.05) is 11.1 Å². The molecule has 0 spiro atoms. The van der Waals surface area contributed by atoms with E-state index in [4.69, 9.17) is 5.73 Å². The van der Waals surface area contributed by atoms with E-state index in [2.05, 4.69) is 22.1 Å². The van der Waals surface area contributed by atoms with E-state index >= 15 is 0 Å². The molecule has 1 atom stereocenters. The van der Waals surface area contributed by atoms with Gasteiger partial charge < -0.3 is 16.3 Å². The molecule has 1 saturated carbocycles. The molecule has 8 nitrogen and oxygen atoms in total. The van der Waals surface area contributed by atoms with E-state index in [0.717, 1.165) is 52.6 Å². The first-order valence-corrected chi connectivity index (χ1v) is 10.9. The number of ketones is 1. The molecule has 28 heavy (non-hydrogen) atoms. The Hall–Kier alpha value is -2.17. The van der Waals surface area contributed by atoms with Crippen molar-refractivity contribution in [2.24, 2.45) is 5.73 Å². The van der Waals surface area contributed by atoms with Crippen molar-refractivity contribution in [3.8, 4) is 0 Å². The molecule has 10 heteroatoms. The van der Waals surface area contributed by atoms with Gasteiger partial charge in [0.15, 0.2) is 11.6 Å². The minimum atomic E-state index is -0.276. The fourth-order valence-corrected chi connectivity index (χ4v) is 5.33. The van der Waals surface area contributed by atoms with Gasteiger partial charge in [-0.2, -0.15) is 0 Å². The average molecular weight is 420 g/mol. The molecular weight excluding hydrogens is 398 g/mol. The van der Waals surface area contributed by atoms with Crippen molar-refractivity contribution in [2.45, 2.75) is 49.2 Å². The molecular formula is C18H21N5O3S2. The predicted molar refractivity (Wildman–Crippen MR) is 107 cm³/mol. The number of hydrogen-bond acceptors (Lipinski definition) is 8. The van der Waals surface area contributed by atoms with Crippen LogP contribution >= 0.6 is 23.1 Å². The lowest BCUT2D eigenvalue weighted by Crippen LogP contribution is -2.27. The molecule has 0 radical (unpaired) electrons. The lowest BCUT2D eigenvalue weighted by molar-refractivity contribution is -0.113. The Labute approximate surface area is 170 Å². The smallest absolute Gasteiger partial charge is 0.235 e. The number of anilines is 1. The van der Waals surface area contributed by atoms with Gasteiger partial charge in [0.1, 0.15) is 5.00 Å². The summed E-state index contributed by atoms with van der Waals surface area (Å²) < 4.78 is 0.966. The van der Waals surface area contributed by atoms with Gasteiger partial charge in [-0.25, -0.2) is 0 Å². The number of allylic oxidation sites excluding steroid dienone is 1. The summed E-state index contributed by atoms with van der Waals surface area (Å²) in [5.41, 5.74) is 7.55. The molecule has 2 aromatic rings. The van der Waals surface area contributed by atoms with Crippen LogP contribution in [-0.4, -0.2) is 43.6 Å². The van der Waals surface area contributed by atoms with E-state index in [1.807, 2.05) is 0 Å². The lowest BCUT2D eigenvalue weighted by atomic mass is 9.91. The second-order valence-electron chi connectivity index (χ2n) is 7.04. The highest BCUT2D eigenvalue weighted by molar-refractivity contribution is 7.99. The van der Waals surface area contributed by atoms with Gasteiger partial charge in [0.05, 0.1) is 11.3 Å². The number of aromatic nitrogens is 3. The second kappa shape index (κ2) is 7.69. The minimum Gasteiger partial charge on any atom is -0.425 e. The van der Waals surface area contributed by atoms with Gasteiger partial charge in [-0.05, 0) is 43.7 Å². The Bertz CT molecular complexity index is 947. The number of nitrogens with one attached hydrogen (secondary N) is 1. The van der Waals surface area contributed by atoms with Crippen LogP contribution in [0.5, 0.6) is 0 Å². The molecule has 148 valence electrons. The molecule has 1 unspecified atom stereocenters. The fourth-order valence-electron chi connectivity index (χ4n) is 3.32. The summed E-state index contributed by atoms with van der Waals surface area (Å²) in [4.78, 5) is 25.9. The summed E-state index contributed by atoms with van der Waals surface area (Å²) in [5.74, 6) is 0.385. The summed E-state index contributed by atoms with van der Waals surface area (Å²) >= 11 is 2.51. The van der Waals surface area contributed by atoms with Gasteiger partial charge >= 0.3 is 0 Å². The quantitative estimate of drug-likeness (QED) is 0.272. The molecule has 0 bridgehead atoms. The molecule has 2 aliphatic carbocycles. The van der Waals surface area contributed by atoms with Crippen LogP contribution in [0.15, 0.2) is 17.8 Å². The van der Waals surface area contributed by atoms with Crippen LogP contribution < -0.4 is 11.1 Å². The number of hydrogen-bond donors (Lipinski definition) is 3. The number of rotatable bonds is 7. The van der Waals surface area contributed by atoms with E-state index in [-0.39, 0.29) is 34.6 Å². The Balaban J connectivity index is 1.46. The lowest BCUT2D eigenvalue weighted by Gasteiger charge is -2.18. The molecule has 0 aromatic carbocycles. The summed E-state index contributed by atoms with van der Waals surface area (Å²) in [6.07, 6.45) is 5.52. The highest BCUT2D eigenvalue weighted by Gasteiger charge is 2.31. The number of nitrogens with zero attached hydrogens (tertiary/aromatic N) is 3. The molecule has 0 aliphatic heterocycles. The standard InChI is InChI=1S/C18H21N5O3S2/c1-2-12(24)15-11-6-5-10(19)7-13(11)28-17(15)20-14(25)8-27-18-22-21-16(23(18)26)9-3-4-9/h2,9-10,26H,1,3-8,19H2,(H,20,25). The Morgan fingerprint density at radius 1 is 1.39 bits per heavy atom. The van der Waals surface area contributed by atoms with Crippen molar-refractivity contribution in [1.29, 1.82) is 0 Å². The van der Waals surface area contributed by atoms with Gasteiger partial charge in [-0.1, -0.05) is 18.3 Å². The van der Waals surface area contributed by atoms with Crippen LogP contribution in [0.1, 0.15) is 51.8 Å². The van der Waals surface area contributed by atoms with Gasteiger partial charge in [-0.3, -0.25) is 9.59 Å². The van der Waals surface area contributed by atoms with Gasteiger partial charge in [0.25, 0.3) is 0 Å². The molecule has 2 aliphatic rings. The Morgan fingerprint density at radius 3 is 2.89 bits per heavy atom. The number of fused-ring (bicyclic) bond motifs is 1. The number of thioether (sulfide) groups is 1. The molecule has 4 rings (SSSR count). The summed E-state index contributed by atoms with van der Waals surface area (Å²) in [6, 6.07) is 0.0773. The highest BCUT2D eigenvalue weighted by Crippen LogP contribution is 2.40. The third-order valence-corrected chi connectivity index (χ3v) is 6.99. The zero-order chi connectivity index (χ0) is 19.8. The fraction of sp³-hybridized carbons (Fsp3) is 0.444. The molecule has 0 saturated heterocycles. The van der Waals surface area contributed by atoms with Crippen LogP contribution in [-0.2, 0) is 17.6 Å². The number of carbonyl (C=O) groups excluding carboxylic acids is 2. The molecule has 2 aromatic heterocycles. The van der Waals surface area contributed by atoms with E-state index < -0.39 is 0 Å². The van der Waals surface area contributed by atoms with Crippen molar-refractivity contribution in [1.82, 2.24) is 14.9 Å². The van der Waals surface area contributed by atoms with Gasteiger partial charge in [0, 0.05) is 16.8 Å². The summed E-state index contributed by atoms with van der Waals surface area (Å²) in [6.45, 7) is 3.58. The van der Waals surface area contributed by atoms with E-state index in [9.17, 15) is 14.8 Å². The number of amides is 1.